The summed E-state index contributed by atoms with van der Waals surface area (Å²) >= 11 is 0. The lowest BCUT2D eigenvalue weighted by Crippen LogP contribution is -2.12. The molecule has 0 aliphatic heterocycles. The number of aliphatic hydroxyl groups is 1. The van der Waals surface area contributed by atoms with Crippen LogP contribution in [-0.2, 0) is 0 Å². The summed E-state index contributed by atoms with van der Waals surface area (Å²) in [6.45, 7) is 6.76. The highest BCUT2D eigenvalue weighted by atomic mass is 16.3. The molecule has 0 aromatic carbocycles. The summed E-state index contributed by atoms with van der Waals surface area (Å²) in [5.41, 5.74) is 0.433. The first-order valence-electron chi connectivity index (χ1n) is 6.26. The van der Waals surface area contributed by atoms with Crippen LogP contribution < -0.4 is 0 Å². The Bertz CT molecular complexity index is 163. The van der Waals surface area contributed by atoms with Gasteiger partial charge in [0.25, 0.3) is 0 Å². The summed E-state index contributed by atoms with van der Waals surface area (Å²) in [5.74, 6) is 0.591. The molecule has 0 aromatic heterocycles. The molecule has 84 valence electrons. The lowest BCUT2D eigenvalue weighted by Gasteiger charge is -2.11. The third-order valence-electron chi connectivity index (χ3n) is 3.66. The molecule has 14 heavy (non-hydrogen) atoms. The SMILES string of the molecule is CCCCCCCC(O)C1CC1(C)C. The van der Waals surface area contributed by atoms with Crippen LogP contribution in [0.1, 0.15) is 65.7 Å². The van der Waals surface area contributed by atoms with Crippen LogP contribution in [0.25, 0.3) is 0 Å². The van der Waals surface area contributed by atoms with E-state index < -0.39 is 0 Å². The molecule has 0 aromatic rings. The molecule has 1 aliphatic carbocycles. The van der Waals surface area contributed by atoms with Crippen LogP contribution in [0.2, 0.25) is 0 Å². The molecule has 0 radical (unpaired) electrons. The van der Waals surface area contributed by atoms with Gasteiger partial charge >= 0.3 is 0 Å². The Hall–Kier alpha value is -0.0400. The summed E-state index contributed by atoms with van der Waals surface area (Å²) in [6, 6.07) is 0. The zero-order valence-electron chi connectivity index (χ0n) is 10.1. The van der Waals surface area contributed by atoms with Gasteiger partial charge in [0.2, 0.25) is 0 Å². The van der Waals surface area contributed by atoms with Gasteiger partial charge in [0.05, 0.1) is 6.10 Å². The molecule has 0 spiro atoms. The third kappa shape index (κ3) is 3.61. The smallest absolute Gasteiger partial charge is 0.0573 e. The van der Waals surface area contributed by atoms with Gasteiger partial charge in [0.15, 0.2) is 0 Å². The highest BCUT2D eigenvalue weighted by Crippen LogP contribution is 2.54. The van der Waals surface area contributed by atoms with Gasteiger partial charge in [-0.25, -0.2) is 0 Å². The Morgan fingerprint density at radius 3 is 2.29 bits per heavy atom. The van der Waals surface area contributed by atoms with Gasteiger partial charge in [-0.2, -0.15) is 0 Å². The number of rotatable bonds is 7. The maximum Gasteiger partial charge on any atom is 0.0573 e. The van der Waals surface area contributed by atoms with Gasteiger partial charge in [-0.1, -0.05) is 52.9 Å². The Labute approximate surface area is 88.9 Å². The molecule has 1 heteroatoms. The fourth-order valence-electron chi connectivity index (χ4n) is 2.32. The number of hydrogen-bond donors (Lipinski definition) is 1. The van der Waals surface area contributed by atoms with Crippen molar-refractivity contribution in [3.8, 4) is 0 Å². The minimum absolute atomic E-state index is 0.0216. The van der Waals surface area contributed by atoms with Crippen molar-refractivity contribution < 1.29 is 5.11 Å². The Kier molecular flexibility index (Phi) is 4.43. The van der Waals surface area contributed by atoms with E-state index in [2.05, 4.69) is 20.8 Å². The molecule has 0 bridgehead atoms. The van der Waals surface area contributed by atoms with Crippen LogP contribution in [-0.4, -0.2) is 11.2 Å². The van der Waals surface area contributed by atoms with E-state index in [0.29, 0.717) is 11.3 Å². The normalized spacial score (nSPS) is 26.1. The van der Waals surface area contributed by atoms with Crippen molar-refractivity contribution >= 4 is 0 Å². The monoisotopic (exact) mass is 198 g/mol. The maximum atomic E-state index is 9.88. The molecule has 1 fully saturated rings. The molecule has 2 atom stereocenters. The quantitative estimate of drug-likeness (QED) is 0.618. The zero-order chi connectivity index (χ0) is 10.6. The van der Waals surface area contributed by atoms with E-state index >= 15 is 0 Å². The highest BCUT2D eigenvalue weighted by Gasteiger charge is 2.49. The van der Waals surface area contributed by atoms with E-state index in [0.717, 1.165) is 6.42 Å². The minimum Gasteiger partial charge on any atom is -0.393 e. The average Bonchev–Trinajstić information content (AvgIpc) is 2.75. The molecule has 1 N–H and O–H groups in total. The molecule has 1 rings (SSSR count). The van der Waals surface area contributed by atoms with Crippen molar-refractivity contribution in [3.05, 3.63) is 0 Å². The zero-order valence-corrected chi connectivity index (χ0v) is 10.1. The minimum atomic E-state index is -0.0216. The Balaban J connectivity index is 1.97. The van der Waals surface area contributed by atoms with Gasteiger partial charge in [0.1, 0.15) is 0 Å². The molecule has 0 amide bonds. The van der Waals surface area contributed by atoms with E-state index in [1.165, 1.54) is 38.5 Å². The van der Waals surface area contributed by atoms with Crippen molar-refractivity contribution in [1.82, 2.24) is 0 Å². The summed E-state index contributed by atoms with van der Waals surface area (Å²) in [6.07, 6.45) is 8.75. The third-order valence-corrected chi connectivity index (χ3v) is 3.66. The standard InChI is InChI=1S/C13H26O/c1-4-5-6-7-8-9-12(14)11-10-13(11,2)3/h11-12,14H,4-10H2,1-3H3. The molecule has 2 unspecified atom stereocenters. The molecule has 0 saturated heterocycles. The van der Waals surface area contributed by atoms with Crippen LogP contribution in [0, 0.1) is 11.3 Å². The lowest BCUT2D eigenvalue weighted by atomic mass is 10.0. The second kappa shape index (κ2) is 5.16. The summed E-state index contributed by atoms with van der Waals surface area (Å²) < 4.78 is 0. The van der Waals surface area contributed by atoms with E-state index in [-0.39, 0.29) is 6.10 Å². The van der Waals surface area contributed by atoms with E-state index in [1.807, 2.05) is 0 Å². The van der Waals surface area contributed by atoms with Gasteiger partial charge in [-0.15, -0.1) is 0 Å². The average molecular weight is 198 g/mol. The van der Waals surface area contributed by atoms with E-state index in [1.54, 1.807) is 0 Å². The highest BCUT2D eigenvalue weighted by molar-refractivity contribution is 4.98. The van der Waals surface area contributed by atoms with Gasteiger partial charge in [0, 0.05) is 0 Å². The molecule has 0 heterocycles. The maximum absolute atomic E-state index is 9.88. The Morgan fingerprint density at radius 2 is 1.79 bits per heavy atom. The van der Waals surface area contributed by atoms with E-state index in [4.69, 9.17) is 0 Å². The van der Waals surface area contributed by atoms with Crippen molar-refractivity contribution in [2.24, 2.45) is 11.3 Å². The predicted octanol–water partition coefficient (Wildman–Crippen LogP) is 3.75. The number of aliphatic hydroxyl groups excluding tert-OH is 1. The first-order chi connectivity index (χ1) is 6.58. The topological polar surface area (TPSA) is 20.2 Å². The predicted molar refractivity (Wildman–Crippen MR) is 61.3 cm³/mol. The second-order valence-electron chi connectivity index (χ2n) is 5.57. The van der Waals surface area contributed by atoms with E-state index in [9.17, 15) is 5.11 Å². The van der Waals surface area contributed by atoms with Crippen molar-refractivity contribution in [2.45, 2.75) is 71.8 Å². The number of hydrogen-bond acceptors (Lipinski definition) is 1. The van der Waals surface area contributed by atoms with Gasteiger partial charge < -0.3 is 5.11 Å². The van der Waals surface area contributed by atoms with Gasteiger partial charge in [-0.05, 0) is 24.2 Å². The first-order valence-corrected chi connectivity index (χ1v) is 6.26. The first kappa shape index (κ1) is 12.0. The van der Waals surface area contributed by atoms with Crippen LogP contribution in [0.3, 0.4) is 0 Å². The lowest BCUT2D eigenvalue weighted by molar-refractivity contribution is 0.124. The van der Waals surface area contributed by atoms with Crippen LogP contribution in [0.4, 0.5) is 0 Å². The van der Waals surface area contributed by atoms with Crippen LogP contribution >= 0.6 is 0 Å². The van der Waals surface area contributed by atoms with Crippen LogP contribution in [0.15, 0.2) is 0 Å². The van der Waals surface area contributed by atoms with Gasteiger partial charge in [-0.3, -0.25) is 0 Å². The largest absolute Gasteiger partial charge is 0.393 e. The van der Waals surface area contributed by atoms with Crippen molar-refractivity contribution in [2.75, 3.05) is 0 Å². The molecule has 1 aliphatic rings. The van der Waals surface area contributed by atoms with Crippen LogP contribution in [0.5, 0.6) is 0 Å². The molecule has 1 saturated carbocycles. The summed E-state index contributed by atoms with van der Waals surface area (Å²) in [5, 5.41) is 9.88. The molecular formula is C13H26O. The van der Waals surface area contributed by atoms with Crippen molar-refractivity contribution in [3.63, 3.8) is 0 Å². The van der Waals surface area contributed by atoms with Crippen molar-refractivity contribution in [1.29, 1.82) is 0 Å². The molecular weight excluding hydrogens is 172 g/mol. The Morgan fingerprint density at radius 1 is 1.21 bits per heavy atom. The molecule has 1 nitrogen and oxygen atoms in total. The summed E-state index contributed by atoms with van der Waals surface area (Å²) in [7, 11) is 0. The fraction of sp³-hybridized carbons (Fsp3) is 1.00. The second-order valence-corrected chi connectivity index (χ2v) is 5.57. The summed E-state index contributed by atoms with van der Waals surface area (Å²) in [4.78, 5) is 0. The fourth-order valence-corrected chi connectivity index (χ4v) is 2.32. The number of unbranched alkanes of at least 4 members (excludes halogenated alkanes) is 4.